The van der Waals surface area contributed by atoms with Crippen LogP contribution < -0.4 is 25.1 Å². The van der Waals surface area contributed by atoms with Crippen LogP contribution in [-0.2, 0) is 19.1 Å². The molecule has 0 radical (unpaired) electrons. The lowest BCUT2D eigenvalue weighted by atomic mass is 10.1. The molecule has 0 fully saturated rings. The third kappa shape index (κ3) is 5.45. The van der Waals surface area contributed by atoms with Crippen LogP contribution in [0.4, 0.5) is 16.2 Å². The lowest BCUT2D eigenvalue weighted by Crippen LogP contribution is -2.39. The number of carbonyl (C=O) groups is 4. The van der Waals surface area contributed by atoms with Crippen molar-refractivity contribution in [1.82, 2.24) is 5.32 Å². The maximum absolute atomic E-state index is 12.3. The van der Waals surface area contributed by atoms with Crippen molar-refractivity contribution in [2.24, 2.45) is 5.10 Å². The highest BCUT2D eigenvalue weighted by molar-refractivity contribution is 6.38. The normalized spacial score (nSPS) is 14.7. The van der Waals surface area contributed by atoms with Gasteiger partial charge in [0.05, 0.1) is 5.69 Å². The van der Waals surface area contributed by atoms with Crippen LogP contribution in [0.15, 0.2) is 53.6 Å². The van der Waals surface area contributed by atoms with Gasteiger partial charge in [-0.2, -0.15) is 5.10 Å². The van der Waals surface area contributed by atoms with E-state index in [-0.39, 0.29) is 24.5 Å². The van der Waals surface area contributed by atoms with Crippen LogP contribution in [0.1, 0.15) is 12.8 Å². The second-order valence-corrected chi connectivity index (χ2v) is 7.02. The smallest absolute Gasteiger partial charge is 0.355 e. The highest BCUT2D eigenvalue weighted by Crippen LogP contribution is 2.32. The van der Waals surface area contributed by atoms with E-state index in [9.17, 15) is 19.2 Å². The lowest BCUT2D eigenvalue weighted by molar-refractivity contribution is -0.141. The van der Waals surface area contributed by atoms with Gasteiger partial charge in [0.1, 0.15) is 18.9 Å². The molecule has 2 N–H and O–H groups in total. The predicted octanol–water partition coefficient (Wildman–Crippen LogP) is 1.83. The molecule has 0 atom stereocenters. The summed E-state index contributed by atoms with van der Waals surface area (Å²) in [7, 11) is 0. The van der Waals surface area contributed by atoms with Crippen molar-refractivity contribution in [2.75, 3.05) is 30.1 Å². The molecule has 2 aromatic carbocycles. The zero-order valence-electron chi connectivity index (χ0n) is 17.4. The standard InChI is InChI=1S/C22H20N4O7/c27-19(24-22(30)23-14-6-8-17-18(12-14)32-11-10-31-17)13-33-21(29)16-7-9-20(28)26(25-16)15-4-2-1-3-5-15/h1-6,8,12H,7,9-11,13H2,(H2,23,24,27,30). The molecule has 0 saturated heterocycles. The third-order valence-electron chi connectivity index (χ3n) is 4.66. The molecule has 0 aliphatic carbocycles. The minimum absolute atomic E-state index is 0.00647. The average Bonchev–Trinajstić information content (AvgIpc) is 2.83. The Labute approximate surface area is 188 Å². The average molecular weight is 452 g/mol. The van der Waals surface area contributed by atoms with Crippen molar-refractivity contribution in [3.05, 3.63) is 48.5 Å². The molecule has 170 valence electrons. The first-order chi connectivity index (χ1) is 16.0. The molecule has 33 heavy (non-hydrogen) atoms. The van der Waals surface area contributed by atoms with E-state index >= 15 is 0 Å². The van der Waals surface area contributed by atoms with E-state index in [1.165, 1.54) is 0 Å². The van der Waals surface area contributed by atoms with E-state index in [0.717, 1.165) is 5.01 Å². The van der Waals surface area contributed by atoms with Gasteiger partial charge in [-0.05, 0) is 24.3 Å². The molecule has 0 saturated carbocycles. The highest BCUT2D eigenvalue weighted by atomic mass is 16.6. The van der Waals surface area contributed by atoms with E-state index in [1.54, 1.807) is 48.5 Å². The molecule has 0 unspecified atom stereocenters. The fourth-order valence-corrected chi connectivity index (χ4v) is 3.13. The summed E-state index contributed by atoms with van der Waals surface area (Å²) in [6.07, 6.45) is 0.167. The Kier molecular flexibility index (Phi) is 6.48. The Balaban J connectivity index is 1.28. The van der Waals surface area contributed by atoms with E-state index in [2.05, 4.69) is 15.7 Å². The summed E-state index contributed by atoms with van der Waals surface area (Å²) in [5.41, 5.74) is 0.914. The molecule has 4 amide bonds. The van der Waals surface area contributed by atoms with Gasteiger partial charge in [0, 0.05) is 24.6 Å². The number of amides is 4. The molecular formula is C22H20N4O7. The van der Waals surface area contributed by atoms with Crippen molar-refractivity contribution >= 4 is 40.9 Å². The number of urea groups is 1. The van der Waals surface area contributed by atoms with Crippen LogP contribution >= 0.6 is 0 Å². The lowest BCUT2D eigenvalue weighted by Gasteiger charge is -2.22. The fourth-order valence-electron chi connectivity index (χ4n) is 3.13. The Morgan fingerprint density at radius 1 is 1.00 bits per heavy atom. The second kappa shape index (κ2) is 9.81. The minimum atomic E-state index is -0.842. The van der Waals surface area contributed by atoms with Gasteiger partial charge in [0.25, 0.3) is 5.91 Å². The number of hydrogen-bond acceptors (Lipinski definition) is 8. The summed E-state index contributed by atoms with van der Waals surface area (Å²) < 4.78 is 15.8. The maximum atomic E-state index is 12.3. The number of benzene rings is 2. The first kappa shape index (κ1) is 21.8. The van der Waals surface area contributed by atoms with Crippen molar-refractivity contribution < 1.29 is 33.4 Å². The largest absolute Gasteiger partial charge is 0.486 e. The third-order valence-corrected chi connectivity index (χ3v) is 4.66. The van der Waals surface area contributed by atoms with Crippen LogP contribution in [0, 0.1) is 0 Å². The van der Waals surface area contributed by atoms with Crippen LogP contribution in [0.5, 0.6) is 11.5 Å². The molecule has 0 aromatic heterocycles. The number of ether oxygens (including phenoxy) is 3. The summed E-state index contributed by atoms with van der Waals surface area (Å²) >= 11 is 0. The van der Waals surface area contributed by atoms with Crippen molar-refractivity contribution in [1.29, 1.82) is 0 Å². The quantitative estimate of drug-likeness (QED) is 0.661. The summed E-state index contributed by atoms with van der Waals surface area (Å²) in [5.74, 6) is -0.883. The van der Waals surface area contributed by atoms with Crippen LogP contribution in [0.2, 0.25) is 0 Å². The molecule has 0 spiro atoms. The maximum Gasteiger partial charge on any atom is 0.355 e. The first-order valence-electron chi connectivity index (χ1n) is 10.1. The first-order valence-corrected chi connectivity index (χ1v) is 10.1. The Morgan fingerprint density at radius 2 is 1.76 bits per heavy atom. The molecule has 2 aliphatic heterocycles. The topological polar surface area (TPSA) is 136 Å². The van der Waals surface area contributed by atoms with Gasteiger partial charge in [-0.1, -0.05) is 18.2 Å². The van der Waals surface area contributed by atoms with Crippen molar-refractivity contribution in [2.45, 2.75) is 12.8 Å². The van der Waals surface area contributed by atoms with Gasteiger partial charge in [0.15, 0.2) is 18.1 Å². The molecule has 11 nitrogen and oxygen atoms in total. The fraction of sp³-hybridized carbons (Fsp3) is 0.227. The summed E-state index contributed by atoms with van der Waals surface area (Å²) in [6, 6.07) is 12.6. The Bertz CT molecular complexity index is 1120. The van der Waals surface area contributed by atoms with Gasteiger partial charge >= 0.3 is 12.0 Å². The Morgan fingerprint density at radius 3 is 2.55 bits per heavy atom. The molecular weight excluding hydrogens is 432 g/mol. The van der Waals surface area contributed by atoms with Crippen LogP contribution in [-0.4, -0.2) is 49.3 Å². The predicted molar refractivity (Wildman–Crippen MR) is 116 cm³/mol. The number of imide groups is 1. The number of anilines is 2. The molecule has 4 rings (SSSR count). The van der Waals surface area contributed by atoms with E-state index in [4.69, 9.17) is 14.2 Å². The van der Waals surface area contributed by atoms with E-state index in [1.807, 2.05) is 0 Å². The zero-order valence-corrected chi connectivity index (χ0v) is 17.4. The number of fused-ring (bicyclic) bond motifs is 1. The van der Waals surface area contributed by atoms with Gasteiger partial charge in [-0.25, -0.2) is 14.6 Å². The van der Waals surface area contributed by atoms with Gasteiger partial charge in [-0.15, -0.1) is 0 Å². The Hall–Kier alpha value is -4.41. The van der Waals surface area contributed by atoms with Crippen LogP contribution in [0.3, 0.4) is 0 Å². The minimum Gasteiger partial charge on any atom is -0.486 e. The molecule has 2 aromatic rings. The van der Waals surface area contributed by atoms with Gasteiger partial charge in [-0.3, -0.25) is 14.9 Å². The van der Waals surface area contributed by atoms with Gasteiger partial charge in [0.2, 0.25) is 5.91 Å². The number of para-hydroxylation sites is 1. The SMILES string of the molecule is O=C(COC(=O)C1=NN(c2ccccc2)C(=O)CC1)NC(=O)Nc1ccc2c(c1)OCCO2. The molecule has 2 heterocycles. The highest BCUT2D eigenvalue weighted by Gasteiger charge is 2.27. The molecule has 11 heteroatoms. The van der Waals surface area contributed by atoms with Crippen LogP contribution in [0.25, 0.3) is 0 Å². The number of rotatable bonds is 5. The second-order valence-electron chi connectivity index (χ2n) is 7.02. The van der Waals surface area contributed by atoms with Crippen molar-refractivity contribution in [3.8, 4) is 11.5 Å². The number of hydrazone groups is 1. The van der Waals surface area contributed by atoms with Gasteiger partial charge < -0.3 is 19.5 Å². The van der Waals surface area contributed by atoms with Crippen molar-refractivity contribution in [3.63, 3.8) is 0 Å². The number of nitrogens with one attached hydrogen (secondary N) is 2. The number of nitrogens with zero attached hydrogens (tertiary/aromatic N) is 2. The van der Waals surface area contributed by atoms with E-state index < -0.39 is 24.5 Å². The summed E-state index contributed by atoms with van der Waals surface area (Å²) in [5, 5.41) is 9.74. The number of carbonyl (C=O) groups excluding carboxylic acids is 4. The summed E-state index contributed by atoms with van der Waals surface area (Å²) in [6.45, 7) is 0.154. The molecule has 2 aliphatic rings. The number of esters is 1. The number of hydrogen-bond donors (Lipinski definition) is 2. The van der Waals surface area contributed by atoms with E-state index in [0.29, 0.717) is 36.1 Å². The zero-order chi connectivity index (χ0) is 23.2. The molecule has 0 bridgehead atoms. The summed E-state index contributed by atoms with van der Waals surface area (Å²) in [4.78, 5) is 48.5. The monoisotopic (exact) mass is 452 g/mol.